The largest absolute Gasteiger partial charge is 0.357 e. The summed E-state index contributed by atoms with van der Waals surface area (Å²) in [6.07, 6.45) is 0.239. The molecule has 0 saturated heterocycles. The Balaban J connectivity index is 1.43. The summed E-state index contributed by atoms with van der Waals surface area (Å²) in [5, 5.41) is 14.3. The van der Waals surface area contributed by atoms with Crippen LogP contribution in [0.2, 0.25) is 0 Å². The van der Waals surface area contributed by atoms with Crippen LogP contribution in [0, 0.1) is 0 Å². The van der Waals surface area contributed by atoms with Crippen LogP contribution in [0.5, 0.6) is 0 Å². The second-order valence-corrected chi connectivity index (χ2v) is 5.78. The number of amides is 2. The van der Waals surface area contributed by atoms with E-state index in [1.54, 1.807) is 0 Å². The van der Waals surface area contributed by atoms with Crippen molar-refractivity contribution in [2.45, 2.75) is 19.4 Å². The third kappa shape index (κ3) is 4.13. The van der Waals surface area contributed by atoms with E-state index in [-0.39, 0.29) is 24.7 Å². The van der Waals surface area contributed by atoms with Crippen LogP contribution in [-0.2, 0) is 16.1 Å². The molecular weight excluding hydrogens is 314 g/mol. The van der Waals surface area contributed by atoms with Crippen LogP contribution in [0.4, 0.5) is 5.13 Å². The number of fused-ring (bicyclic) bond motifs is 1. The van der Waals surface area contributed by atoms with Crippen molar-refractivity contribution in [2.24, 2.45) is 0 Å². The van der Waals surface area contributed by atoms with E-state index in [0.29, 0.717) is 11.7 Å². The smallest absolute Gasteiger partial charge is 0.226 e. The number of para-hydroxylation sites is 1. The molecule has 2 amide bonds. The zero-order valence-corrected chi connectivity index (χ0v) is 13.0. The molecule has 3 rings (SSSR count). The average Bonchev–Trinajstić information content (AvgIpc) is 3.19. The predicted molar refractivity (Wildman–Crippen MR) is 87.9 cm³/mol. The summed E-state index contributed by atoms with van der Waals surface area (Å²) < 4.78 is 0. The number of H-pyrrole nitrogens is 1. The Hall–Kier alpha value is -2.74. The molecule has 0 saturated carbocycles. The molecule has 0 unspecified atom stereocenters. The monoisotopic (exact) mass is 329 g/mol. The minimum absolute atomic E-state index is 0.109. The molecule has 0 aliphatic rings. The molecule has 8 heteroatoms. The number of carbonyl (C=O) groups is 2. The van der Waals surface area contributed by atoms with E-state index in [4.69, 9.17) is 0 Å². The van der Waals surface area contributed by atoms with Gasteiger partial charge in [0.2, 0.25) is 16.9 Å². The molecule has 2 aromatic heterocycles. The van der Waals surface area contributed by atoms with Crippen molar-refractivity contribution in [2.75, 3.05) is 5.32 Å². The number of hydrogen-bond acceptors (Lipinski definition) is 5. The summed E-state index contributed by atoms with van der Waals surface area (Å²) in [5.74, 6) is -0.418. The Kier molecular flexibility index (Phi) is 4.62. The molecule has 118 valence electrons. The van der Waals surface area contributed by atoms with E-state index in [1.807, 2.05) is 30.3 Å². The van der Waals surface area contributed by atoms with Gasteiger partial charge >= 0.3 is 0 Å². The second kappa shape index (κ2) is 7.01. The average molecular weight is 329 g/mol. The minimum atomic E-state index is -0.248. The SMILES string of the molecule is O=C(CCC(=O)Nc1nncs1)NCc1cc2ccccc2[nH]1. The summed E-state index contributed by atoms with van der Waals surface area (Å²) in [6.45, 7) is 0.408. The molecule has 0 aliphatic heterocycles. The Morgan fingerprint density at radius 3 is 2.78 bits per heavy atom. The topological polar surface area (TPSA) is 99.8 Å². The number of aromatic nitrogens is 3. The number of aromatic amines is 1. The number of nitrogens with zero attached hydrogens (tertiary/aromatic N) is 2. The van der Waals surface area contributed by atoms with Crippen molar-refractivity contribution in [1.29, 1.82) is 0 Å². The van der Waals surface area contributed by atoms with Crippen molar-refractivity contribution in [3.63, 3.8) is 0 Å². The van der Waals surface area contributed by atoms with Gasteiger partial charge in [-0.05, 0) is 17.5 Å². The molecule has 3 aromatic rings. The Bertz CT molecular complexity index is 779. The molecule has 7 nitrogen and oxygen atoms in total. The molecule has 0 bridgehead atoms. The number of rotatable bonds is 6. The van der Waals surface area contributed by atoms with E-state index < -0.39 is 0 Å². The third-order valence-corrected chi connectivity index (χ3v) is 3.85. The third-order valence-electron chi connectivity index (χ3n) is 3.25. The molecular formula is C15H15N5O2S. The Morgan fingerprint density at radius 1 is 1.17 bits per heavy atom. The van der Waals surface area contributed by atoms with Crippen LogP contribution in [0.3, 0.4) is 0 Å². The molecule has 0 atom stereocenters. The van der Waals surface area contributed by atoms with Gasteiger partial charge in [-0.25, -0.2) is 0 Å². The fourth-order valence-corrected chi connectivity index (χ4v) is 2.61. The first-order chi connectivity index (χ1) is 11.2. The van der Waals surface area contributed by atoms with Crippen LogP contribution < -0.4 is 10.6 Å². The van der Waals surface area contributed by atoms with Gasteiger partial charge in [0.1, 0.15) is 5.51 Å². The first-order valence-electron chi connectivity index (χ1n) is 7.10. The summed E-state index contributed by atoms with van der Waals surface area (Å²) in [5.41, 5.74) is 3.49. The van der Waals surface area contributed by atoms with Gasteiger partial charge in [-0.2, -0.15) is 0 Å². The number of benzene rings is 1. The highest BCUT2D eigenvalue weighted by atomic mass is 32.1. The van der Waals surface area contributed by atoms with Gasteiger partial charge in [0.05, 0.1) is 6.54 Å². The lowest BCUT2D eigenvalue weighted by Crippen LogP contribution is -2.24. The summed E-state index contributed by atoms with van der Waals surface area (Å²) >= 11 is 1.24. The first-order valence-corrected chi connectivity index (χ1v) is 7.98. The quantitative estimate of drug-likeness (QED) is 0.644. The fraction of sp³-hybridized carbons (Fsp3) is 0.200. The molecule has 0 radical (unpaired) electrons. The van der Waals surface area contributed by atoms with Crippen LogP contribution in [0.15, 0.2) is 35.8 Å². The van der Waals surface area contributed by atoms with Crippen LogP contribution >= 0.6 is 11.3 Å². The maximum absolute atomic E-state index is 11.8. The van der Waals surface area contributed by atoms with Gasteiger partial charge < -0.3 is 15.6 Å². The Morgan fingerprint density at radius 2 is 2.00 bits per heavy atom. The molecule has 0 aliphatic carbocycles. The second-order valence-electron chi connectivity index (χ2n) is 4.95. The maximum atomic E-state index is 11.8. The molecule has 1 aromatic carbocycles. The zero-order chi connectivity index (χ0) is 16.1. The van der Waals surface area contributed by atoms with Gasteiger partial charge in [-0.15, -0.1) is 10.2 Å². The number of anilines is 1. The van der Waals surface area contributed by atoms with E-state index >= 15 is 0 Å². The lowest BCUT2D eigenvalue weighted by molar-refractivity contribution is -0.124. The van der Waals surface area contributed by atoms with Crippen LogP contribution in [0.25, 0.3) is 10.9 Å². The normalized spacial score (nSPS) is 10.6. The summed E-state index contributed by atoms with van der Waals surface area (Å²) in [6, 6.07) is 9.91. The molecule has 2 heterocycles. The minimum Gasteiger partial charge on any atom is -0.357 e. The van der Waals surface area contributed by atoms with Crippen molar-refractivity contribution in [1.82, 2.24) is 20.5 Å². The number of nitrogens with one attached hydrogen (secondary N) is 3. The van der Waals surface area contributed by atoms with Gasteiger partial charge in [-0.3, -0.25) is 9.59 Å². The van der Waals surface area contributed by atoms with Gasteiger partial charge in [0.15, 0.2) is 0 Å². The van der Waals surface area contributed by atoms with Crippen LogP contribution in [-0.4, -0.2) is 27.0 Å². The summed E-state index contributed by atoms with van der Waals surface area (Å²) in [7, 11) is 0. The van der Waals surface area contributed by atoms with Crippen molar-refractivity contribution >= 4 is 39.2 Å². The molecule has 3 N–H and O–H groups in total. The van der Waals surface area contributed by atoms with E-state index in [1.165, 1.54) is 16.8 Å². The lowest BCUT2D eigenvalue weighted by Gasteiger charge is -2.04. The van der Waals surface area contributed by atoms with E-state index in [9.17, 15) is 9.59 Å². The fourth-order valence-electron chi connectivity index (χ4n) is 2.15. The van der Waals surface area contributed by atoms with Gasteiger partial charge in [0, 0.05) is 24.1 Å². The van der Waals surface area contributed by atoms with Crippen molar-refractivity contribution < 1.29 is 9.59 Å². The van der Waals surface area contributed by atoms with Gasteiger partial charge in [-0.1, -0.05) is 29.5 Å². The predicted octanol–water partition coefficient (Wildman–Crippen LogP) is 2.05. The first kappa shape index (κ1) is 15.2. The number of carbonyl (C=O) groups excluding carboxylic acids is 2. The van der Waals surface area contributed by atoms with E-state index in [2.05, 4.69) is 25.8 Å². The molecule has 23 heavy (non-hydrogen) atoms. The molecule has 0 spiro atoms. The lowest BCUT2D eigenvalue weighted by atomic mass is 10.2. The van der Waals surface area contributed by atoms with Crippen LogP contribution in [0.1, 0.15) is 18.5 Å². The number of hydrogen-bond donors (Lipinski definition) is 3. The highest BCUT2D eigenvalue weighted by molar-refractivity contribution is 7.13. The van der Waals surface area contributed by atoms with Crippen molar-refractivity contribution in [3.05, 3.63) is 41.5 Å². The maximum Gasteiger partial charge on any atom is 0.226 e. The highest BCUT2D eigenvalue weighted by Crippen LogP contribution is 2.14. The van der Waals surface area contributed by atoms with Crippen molar-refractivity contribution in [3.8, 4) is 0 Å². The highest BCUT2D eigenvalue weighted by Gasteiger charge is 2.09. The summed E-state index contributed by atoms with van der Waals surface area (Å²) in [4.78, 5) is 26.7. The molecule has 0 fully saturated rings. The van der Waals surface area contributed by atoms with E-state index in [0.717, 1.165) is 16.6 Å². The zero-order valence-electron chi connectivity index (χ0n) is 12.2. The standard InChI is InChI=1S/C15H15N5O2S/c21-13(5-6-14(22)19-15-20-17-9-23-15)16-8-11-7-10-3-1-2-4-12(10)18-11/h1-4,7,9,18H,5-6,8H2,(H,16,21)(H,19,20,22). The van der Waals surface area contributed by atoms with Gasteiger partial charge in [0.25, 0.3) is 0 Å². The Labute approximate surface area is 136 Å².